The lowest BCUT2D eigenvalue weighted by atomic mass is 9.94. The molecule has 1 saturated heterocycles. The van der Waals surface area contributed by atoms with Crippen LogP contribution >= 0.6 is 11.3 Å². The fourth-order valence-electron chi connectivity index (χ4n) is 2.78. The highest BCUT2D eigenvalue weighted by Gasteiger charge is 2.31. The van der Waals surface area contributed by atoms with E-state index >= 15 is 0 Å². The van der Waals surface area contributed by atoms with Crippen LogP contribution in [0, 0.1) is 5.92 Å². The summed E-state index contributed by atoms with van der Waals surface area (Å²) in [6, 6.07) is 1.20. The van der Waals surface area contributed by atoms with Crippen LogP contribution in [0.2, 0.25) is 0 Å². The molecule has 0 bridgehead atoms. The molecule has 2 heterocycles. The molecule has 130 valence electrons. The first kappa shape index (κ1) is 18.4. The van der Waals surface area contributed by atoms with E-state index in [9.17, 15) is 13.2 Å². The normalized spacial score (nSPS) is 20.6. The molecule has 1 aromatic rings. The van der Waals surface area contributed by atoms with Crippen LogP contribution in [0.25, 0.3) is 0 Å². The fourth-order valence-corrected chi connectivity index (χ4v) is 5.09. The monoisotopic (exact) mass is 360 g/mol. The minimum atomic E-state index is -3.69. The Morgan fingerprint density at radius 1 is 1.52 bits per heavy atom. The number of hydrogen-bond donors (Lipinski definition) is 2. The molecule has 0 amide bonds. The Labute approximate surface area is 141 Å². The van der Waals surface area contributed by atoms with Crippen LogP contribution in [0.15, 0.2) is 16.3 Å². The lowest BCUT2D eigenvalue weighted by Crippen LogP contribution is -2.54. The average molecular weight is 361 g/mol. The zero-order valence-corrected chi connectivity index (χ0v) is 15.3. The Morgan fingerprint density at radius 2 is 2.22 bits per heavy atom. The number of nitrogens with one attached hydrogen (secondary N) is 1. The second kappa shape index (κ2) is 6.88. The highest BCUT2D eigenvalue weighted by atomic mass is 32.2. The van der Waals surface area contributed by atoms with Gasteiger partial charge in [0.25, 0.3) is 0 Å². The largest absolute Gasteiger partial charge is 0.477 e. The van der Waals surface area contributed by atoms with Crippen molar-refractivity contribution in [1.82, 2.24) is 9.62 Å². The lowest BCUT2D eigenvalue weighted by molar-refractivity contribution is 0.0702. The number of thiophene rings is 1. The van der Waals surface area contributed by atoms with Crippen molar-refractivity contribution in [2.75, 3.05) is 19.6 Å². The van der Waals surface area contributed by atoms with Crippen LogP contribution < -0.4 is 4.72 Å². The minimum absolute atomic E-state index is 0.0164. The zero-order valence-electron chi connectivity index (χ0n) is 13.7. The van der Waals surface area contributed by atoms with Gasteiger partial charge in [0.2, 0.25) is 10.0 Å². The van der Waals surface area contributed by atoms with Gasteiger partial charge in [-0.2, -0.15) is 0 Å². The van der Waals surface area contributed by atoms with Crippen molar-refractivity contribution in [3.05, 3.63) is 16.3 Å². The summed E-state index contributed by atoms with van der Waals surface area (Å²) in [5.74, 6) is -0.492. The van der Waals surface area contributed by atoms with Crippen molar-refractivity contribution >= 4 is 27.3 Å². The molecule has 2 rings (SSSR count). The molecule has 1 unspecified atom stereocenters. The molecule has 0 aromatic carbocycles. The van der Waals surface area contributed by atoms with Crippen LogP contribution in [-0.4, -0.2) is 49.6 Å². The SMILES string of the molecule is CC1CCCN(C(C)(C)CNS(=O)(=O)c2csc(C(=O)O)c2)C1. The van der Waals surface area contributed by atoms with Gasteiger partial charge in [-0.15, -0.1) is 11.3 Å². The molecular weight excluding hydrogens is 336 g/mol. The van der Waals surface area contributed by atoms with E-state index < -0.39 is 16.0 Å². The van der Waals surface area contributed by atoms with E-state index in [0.717, 1.165) is 30.8 Å². The summed E-state index contributed by atoms with van der Waals surface area (Å²) in [6.45, 7) is 8.51. The maximum absolute atomic E-state index is 12.3. The number of rotatable bonds is 6. The highest BCUT2D eigenvalue weighted by Crippen LogP contribution is 2.24. The third kappa shape index (κ3) is 4.53. The predicted molar refractivity (Wildman–Crippen MR) is 90.5 cm³/mol. The van der Waals surface area contributed by atoms with Crippen LogP contribution in [0.4, 0.5) is 0 Å². The number of sulfonamides is 1. The Morgan fingerprint density at radius 3 is 2.78 bits per heavy atom. The fraction of sp³-hybridized carbons (Fsp3) is 0.667. The van der Waals surface area contributed by atoms with Gasteiger partial charge in [-0.05, 0) is 45.2 Å². The number of likely N-dealkylation sites (tertiary alicyclic amines) is 1. The van der Waals surface area contributed by atoms with Gasteiger partial charge < -0.3 is 5.11 Å². The van der Waals surface area contributed by atoms with Gasteiger partial charge in [0.1, 0.15) is 4.88 Å². The number of carboxylic acids is 1. The summed E-state index contributed by atoms with van der Waals surface area (Å²) >= 11 is 0.917. The van der Waals surface area contributed by atoms with Gasteiger partial charge in [-0.1, -0.05) is 6.92 Å². The highest BCUT2D eigenvalue weighted by molar-refractivity contribution is 7.89. The predicted octanol–water partition coefficient (Wildman–Crippen LogP) is 2.24. The van der Waals surface area contributed by atoms with Crippen molar-refractivity contribution in [2.45, 2.75) is 44.0 Å². The summed E-state index contributed by atoms with van der Waals surface area (Å²) in [5.41, 5.74) is -0.284. The van der Waals surface area contributed by atoms with Gasteiger partial charge in [-0.25, -0.2) is 17.9 Å². The molecule has 23 heavy (non-hydrogen) atoms. The number of nitrogens with zero attached hydrogens (tertiary/aromatic N) is 1. The van der Waals surface area contributed by atoms with E-state index in [1.807, 2.05) is 13.8 Å². The molecule has 0 radical (unpaired) electrons. The van der Waals surface area contributed by atoms with Gasteiger partial charge in [-0.3, -0.25) is 4.90 Å². The first-order valence-corrected chi connectivity index (χ1v) is 10.0. The van der Waals surface area contributed by atoms with E-state index in [1.54, 1.807) is 0 Å². The van der Waals surface area contributed by atoms with Gasteiger partial charge in [0, 0.05) is 24.0 Å². The van der Waals surface area contributed by atoms with Gasteiger partial charge in [0.05, 0.1) is 4.90 Å². The van der Waals surface area contributed by atoms with Crippen molar-refractivity contribution in [1.29, 1.82) is 0 Å². The third-order valence-electron chi connectivity index (χ3n) is 4.30. The molecule has 1 atom stereocenters. The molecular formula is C15H24N2O4S2. The number of aromatic carboxylic acids is 1. The first-order valence-electron chi connectivity index (χ1n) is 7.68. The molecule has 0 saturated carbocycles. The molecule has 8 heteroatoms. The number of piperidine rings is 1. The van der Waals surface area contributed by atoms with E-state index in [1.165, 1.54) is 17.9 Å². The van der Waals surface area contributed by atoms with Crippen LogP contribution in [0.5, 0.6) is 0 Å². The second-order valence-electron chi connectivity index (χ2n) is 6.78. The summed E-state index contributed by atoms with van der Waals surface area (Å²) in [7, 11) is -3.69. The van der Waals surface area contributed by atoms with Crippen molar-refractivity contribution < 1.29 is 18.3 Å². The van der Waals surface area contributed by atoms with E-state index in [4.69, 9.17) is 5.11 Å². The topological polar surface area (TPSA) is 86.7 Å². The summed E-state index contributed by atoms with van der Waals surface area (Å²) in [4.78, 5) is 13.2. The molecule has 0 aliphatic carbocycles. The van der Waals surface area contributed by atoms with E-state index in [2.05, 4.69) is 16.5 Å². The molecule has 0 spiro atoms. The second-order valence-corrected chi connectivity index (χ2v) is 9.46. The number of carbonyl (C=O) groups is 1. The van der Waals surface area contributed by atoms with Gasteiger partial charge >= 0.3 is 5.97 Å². The van der Waals surface area contributed by atoms with Crippen molar-refractivity contribution in [3.63, 3.8) is 0 Å². The number of hydrogen-bond acceptors (Lipinski definition) is 5. The summed E-state index contributed by atoms with van der Waals surface area (Å²) < 4.78 is 27.3. The van der Waals surface area contributed by atoms with Crippen LogP contribution in [-0.2, 0) is 10.0 Å². The van der Waals surface area contributed by atoms with E-state index in [-0.39, 0.29) is 15.3 Å². The molecule has 1 fully saturated rings. The quantitative estimate of drug-likeness (QED) is 0.812. The zero-order chi connectivity index (χ0) is 17.3. The number of carboxylic acid groups (broad SMARTS) is 1. The maximum Gasteiger partial charge on any atom is 0.345 e. The molecule has 6 nitrogen and oxygen atoms in total. The Kier molecular flexibility index (Phi) is 5.50. The summed E-state index contributed by atoms with van der Waals surface area (Å²) in [6.07, 6.45) is 2.34. The summed E-state index contributed by atoms with van der Waals surface area (Å²) in [5, 5.41) is 10.3. The minimum Gasteiger partial charge on any atom is -0.477 e. The van der Waals surface area contributed by atoms with Crippen molar-refractivity contribution in [2.24, 2.45) is 5.92 Å². The molecule has 2 N–H and O–H groups in total. The van der Waals surface area contributed by atoms with Crippen molar-refractivity contribution in [3.8, 4) is 0 Å². The van der Waals surface area contributed by atoms with Crippen LogP contribution in [0.1, 0.15) is 43.3 Å². The van der Waals surface area contributed by atoms with Crippen LogP contribution in [0.3, 0.4) is 0 Å². The Bertz CT molecular complexity index is 667. The lowest BCUT2D eigenvalue weighted by Gasteiger charge is -2.43. The Hall–Kier alpha value is -0.960. The molecule has 1 aromatic heterocycles. The van der Waals surface area contributed by atoms with Gasteiger partial charge in [0.15, 0.2) is 0 Å². The smallest absolute Gasteiger partial charge is 0.345 e. The molecule has 1 aliphatic heterocycles. The standard InChI is InChI=1S/C15H24N2O4S2/c1-11-5-4-6-17(8-11)15(2,3)10-16-23(20,21)12-7-13(14(18)19)22-9-12/h7,9,11,16H,4-6,8,10H2,1-3H3,(H,18,19). The Balaban J connectivity index is 2.03. The van der Waals surface area contributed by atoms with E-state index in [0.29, 0.717) is 12.5 Å². The molecule has 1 aliphatic rings. The average Bonchev–Trinajstić information content (AvgIpc) is 2.96. The first-order chi connectivity index (χ1) is 10.6. The third-order valence-corrected chi connectivity index (χ3v) is 6.75. The maximum atomic E-state index is 12.3.